The van der Waals surface area contributed by atoms with Gasteiger partial charge in [0.1, 0.15) is 29.6 Å². The van der Waals surface area contributed by atoms with Gasteiger partial charge in [0.15, 0.2) is 6.23 Å². The number of rotatable bonds is 2. The van der Waals surface area contributed by atoms with Crippen LogP contribution in [0.15, 0.2) is 35.4 Å². The number of hydrogen-bond donors (Lipinski definition) is 4. The van der Waals surface area contributed by atoms with Gasteiger partial charge in [0.05, 0.1) is 12.8 Å². The minimum Gasteiger partial charge on any atom is -0.388 e. The summed E-state index contributed by atoms with van der Waals surface area (Å²) in [4.78, 5) is 16.4. The Hall–Kier alpha value is -2.00. The number of aliphatic hydroxyl groups is 3. The molecule has 21 heavy (non-hydrogen) atoms. The molecule has 112 valence electrons. The van der Waals surface area contributed by atoms with Gasteiger partial charge < -0.3 is 25.4 Å². The molecule has 4 atom stereocenters. The Labute approximate surface area is 119 Å². The maximum atomic E-state index is 12.3. The number of aromatic nitrogens is 2. The first-order valence-electron chi connectivity index (χ1n) is 6.46. The Morgan fingerprint density at radius 2 is 2.10 bits per heavy atom. The molecule has 1 aliphatic heterocycles. The van der Waals surface area contributed by atoms with E-state index in [9.17, 15) is 20.1 Å². The Kier molecular flexibility index (Phi) is 3.60. The lowest BCUT2D eigenvalue weighted by Gasteiger charge is -2.35. The minimum absolute atomic E-state index is 0.131. The molecule has 8 heteroatoms. The van der Waals surface area contributed by atoms with E-state index >= 15 is 0 Å². The summed E-state index contributed by atoms with van der Waals surface area (Å²) in [6, 6.07) is 5.16. The highest BCUT2D eigenvalue weighted by molar-refractivity contribution is 5.47. The molecule has 3 heterocycles. The van der Waals surface area contributed by atoms with Gasteiger partial charge in [0.25, 0.3) is 5.56 Å². The van der Waals surface area contributed by atoms with Gasteiger partial charge in [0, 0.05) is 6.20 Å². The van der Waals surface area contributed by atoms with E-state index in [2.05, 4.69) is 10.3 Å². The number of aliphatic hydroxyl groups excluding tert-OH is 3. The van der Waals surface area contributed by atoms with Crippen LogP contribution in [0.25, 0.3) is 5.65 Å². The zero-order valence-electron chi connectivity index (χ0n) is 11.0. The van der Waals surface area contributed by atoms with Crippen LogP contribution in [0.2, 0.25) is 0 Å². The van der Waals surface area contributed by atoms with E-state index < -0.39 is 24.5 Å². The lowest BCUT2D eigenvalue weighted by molar-refractivity contribution is -0.178. The SMILES string of the molecule is O=c1c(NC2OC[C@@H](O)[C@H](O)[C@H]2O)cnc2ccccn12. The number of pyridine rings is 1. The van der Waals surface area contributed by atoms with E-state index in [1.807, 2.05) is 0 Å². The van der Waals surface area contributed by atoms with Gasteiger partial charge in [-0.15, -0.1) is 0 Å². The number of nitrogens with one attached hydrogen (secondary N) is 1. The van der Waals surface area contributed by atoms with Crippen molar-refractivity contribution >= 4 is 11.3 Å². The third-order valence-electron chi connectivity index (χ3n) is 3.41. The topological polar surface area (TPSA) is 116 Å². The van der Waals surface area contributed by atoms with Crippen LogP contribution in [0, 0.1) is 0 Å². The average molecular weight is 293 g/mol. The molecule has 0 aliphatic carbocycles. The molecule has 0 bridgehead atoms. The molecule has 1 saturated heterocycles. The van der Waals surface area contributed by atoms with Gasteiger partial charge in [-0.2, -0.15) is 0 Å². The highest BCUT2D eigenvalue weighted by atomic mass is 16.5. The van der Waals surface area contributed by atoms with Crippen molar-refractivity contribution in [1.82, 2.24) is 9.38 Å². The smallest absolute Gasteiger partial charge is 0.281 e. The Balaban J connectivity index is 1.88. The second-order valence-electron chi connectivity index (χ2n) is 4.85. The van der Waals surface area contributed by atoms with Crippen LogP contribution in [0.5, 0.6) is 0 Å². The summed E-state index contributed by atoms with van der Waals surface area (Å²) in [5.74, 6) is 0. The first-order chi connectivity index (χ1) is 10.1. The van der Waals surface area contributed by atoms with Gasteiger partial charge in [-0.25, -0.2) is 4.98 Å². The quantitative estimate of drug-likeness (QED) is 0.535. The molecular formula is C13H15N3O5. The van der Waals surface area contributed by atoms with Crippen molar-refractivity contribution in [2.24, 2.45) is 0 Å². The second kappa shape index (κ2) is 5.41. The fourth-order valence-electron chi connectivity index (χ4n) is 2.21. The minimum atomic E-state index is -1.36. The lowest BCUT2D eigenvalue weighted by Crippen LogP contribution is -2.55. The third-order valence-corrected chi connectivity index (χ3v) is 3.41. The molecule has 0 radical (unpaired) electrons. The molecule has 1 aliphatic rings. The van der Waals surface area contributed by atoms with Crippen molar-refractivity contribution in [3.05, 3.63) is 40.9 Å². The van der Waals surface area contributed by atoms with E-state index in [1.165, 1.54) is 10.6 Å². The fraction of sp³-hybridized carbons (Fsp3) is 0.385. The van der Waals surface area contributed by atoms with Gasteiger partial charge in [0.2, 0.25) is 0 Å². The Bertz CT molecular complexity index is 704. The maximum Gasteiger partial charge on any atom is 0.281 e. The van der Waals surface area contributed by atoms with Gasteiger partial charge >= 0.3 is 0 Å². The number of hydrogen-bond acceptors (Lipinski definition) is 7. The summed E-state index contributed by atoms with van der Waals surface area (Å²) >= 11 is 0. The average Bonchev–Trinajstić information content (AvgIpc) is 2.50. The van der Waals surface area contributed by atoms with Crippen molar-refractivity contribution in [2.75, 3.05) is 11.9 Å². The van der Waals surface area contributed by atoms with Crippen LogP contribution in [-0.4, -0.2) is 55.9 Å². The van der Waals surface area contributed by atoms with Crippen molar-refractivity contribution in [2.45, 2.75) is 24.5 Å². The van der Waals surface area contributed by atoms with E-state index in [-0.39, 0.29) is 17.9 Å². The summed E-state index contributed by atoms with van der Waals surface area (Å²) in [7, 11) is 0. The first-order valence-corrected chi connectivity index (χ1v) is 6.46. The molecule has 3 rings (SSSR count). The largest absolute Gasteiger partial charge is 0.388 e. The molecular weight excluding hydrogens is 278 g/mol. The number of anilines is 1. The molecule has 8 nitrogen and oxygen atoms in total. The highest BCUT2D eigenvalue weighted by Crippen LogP contribution is 2.16. The highest BCUT2D eigenvalue weighted by Gasteiger charge is 2.37. The van der Waals surface area contributed by atoms with Gasteiger partial charge in [-0.05, 0) is 12.1 Å². The molecule has 0 aromatic carbocycles. The molecule has 2 aromatic rings. The van der Waals surface area contributed by atoms with Crippen LogP contribution in [0.4, 0.5) is 5.69 Å². The van der Waals surface area contributed by atoms with Crippen LogP contribution >= 0.6 is 0 Å². The number of fused-ring (bicyclic) bond motifs is 1. The van der Waals surface area contributed by atoms with Crippen LogP contribution < -0.4 is 10.9 Å². The standard InChI is InChI=1S/C13H15N3O5/c17-8-6-21-12(11(19)10(8)18)15-7-5-14-9-3-1-2-4-16(9)13(7)20/h1-5,8,10-12,15,17-19H,6H2/t8-,10+,11-,12?/m1/s1. The Morgan fingerprint density at radius 3 is 2.90 bits per heavy atom. The van der Waals surface area contributed by atoms with Crippen LogP contribution in [-0.2, 0) is 4.74 Å². The van der Waals surface area contributed by atoms with E-state index in [1.54, 1.807) is 24.4 Å². The van der Waals surface area contributed by atoms with Crippen molar-refractivity contribution in [3.8, 4) is 0 Å². The van der Waals surface area contributed by atoms with Gasteiger partial charge in [-0.3, -0.25) is 9.20 Å². The molecule has 2 aromatic heterocycles. The lowest BCUT2D eigenvalue weighted by atomic mass is 10.0. The third kappa shape index (κ3) is 2.49. The van der Waals surface area contributed by atoms with Crippen molar-refractivity contribution < 1.29 is 20.1 Å². The monoisotopic (exact) mass is 293 g/mol. The maximum absolute atomic E-state index is 12.3. The van der Waals surface area contributed by atoms with Crippen molar-refractivity contribution in [3.63, 3.8) is 0 Å². The molecule has 4 N–H and O–H groups in total. The fourth-order valence-corrected chi connectivity index (χ4v) is 2.21. The summed E-state index contributed by atoms with van der Waals surface area (Å²) < 4.78 is 6.55. The molecule has 0 saturated carbocycles. The molecule has 1 fully saturated rings. The number of ether oxygens (including phenoxy) is 1. The number of nitrogens with zero attached hydrogens (tertiary/aromatic N) is 2. The predicted molar refractivity (Wildman–Crippen MR) is 72.8 cm³/mol. The summed E-state index contributed by atoms with van der Waals surface area (Å²) in [6.45, 7) is -0.141. The predicted octanol–water partition coefficient (Wildman–Crippen LogP) is -1.45. The second-order valence-corrected chi connectivity index (χ2v) is 4.85. The van der Waals surface area contributed by atoms with E-state index in [0.29, 0.717) is 5.65 Å². The molecule has 0 spiro atoms. The van der Waals surface area contributed by atoms with Crippen LogP contribution in [0.1, 0.15) is 0 Å². The zero-order valence-corrected chi connectivity index (χ0v) is 11.0. The summed E-state index contributed by atoms with van der Waals surface area (Å²) in [6.07, 6.45) is -1.94. The normalized spacial score (nSPS) is 29.5. The zero-order chi connectivity index (χ0) is 15.0. The summed E-state index contributed by atoms with van der Waals surface area (Å²) in [5.41, 5.74) is 0.275. The van der Waals surface area contributed by atoms with Crippen molar-refractivity contribution in [1.29, 1.82) is 0 Å². The Morgan fingerprint density at radius 1 is 1.29 bits per heavy atom. The molecule has 1 unspecified atom stereocenters. The van der Waals surface area contributed by atoms with Gasteiger partial charge in [-0.1, -0.05) is 6.07 Å². The molecule has 0 amide bonds. The summed E-state index contributed by atoms with van der Waals surface area (Å²) in [5, 5.41) is 31.6. The first kappa shape index (κ1) is 14.0. The van der Waals surface area contributed by atoms with Crippen LogP contribution in [0.3, 0.4) is 0 Å². The van der Waals surface area contributed by atoms with E-state index in [4.69, 9.17) is 4.74 Å². The van der Waals surface area contributed by atoms with E-state index in [0.717, 1.165) is 0 Å².